The van der Waals surface area contributed by atoms with E-state index in [1.165, 1.54) is 27.2 Å². The highest BCUT2D eigenvalue weighted by molar-refractivity contribution is 7.99. The van der Waals surface area contributed by atoms with Gasteiger partial charge in [0.05, 0.1) is 11.4 Å². The molecule has 0 fully saturated rings. The van der Waals surface area contributed by atoms with E-state index in [0.29, 0.717) is 6.04 Å². The topological polar surface area (TPSA) is 138 Å². The molecule has 0 radical (unpaired) electrons. The zero-order valence-corrected chi connectivity index (χ0v) is 26.6. The normalized spacial score (nSPS) is 12.5. The van der Waals surface area contributed by atoms with Crippen molar-refractivity contribution in [2.75, 3.05) is 24.5 Å². The van der Waals surface area contributed by atoms with Gasteiger partial charge in [0.25, 0.3) is 0 Å². The van der Waals surface area contributed by atoms with Crippen LogP contribution < -0.4 is 10.3 Å². The summed E-state index contributed by atoms with van der Waals surface area (Å²) in [6, 6.07) is 23.7. The minimum absolute atomic E-state index is 0. The Hall–Kier alpha value is -4.51. The maximum Gasteiger partial charge on any atom is 0.238 e. The fourth-order valence-electron chi connectivity index (χ4n) is 5.34. The number of fused-ring (bicyclic) bond motifs is 3. The van der Waals surface area contributed by atoms with Crippen molar-refractivity contribution in [2.24, 2.45) is 0 Å². The van der Waals surface area contributed by atoms with Crippen LogP contribution in [-0.2, 0) is 0 Å². The second-order valence-electron chi connectivity index (χ2n) is 10.4. The van der Waals surface area contributed by atoms with Crippen LogP contribution in [0.3, 0.4) is 0 Å². The van der Waals surface area contributed by atoms with Crippen molar-refractivity contribution in [3.63, 3.8) is 0 Å². The second kappa shape index (κ2) is 14.1. The van der Waals surface area contributed by atoms with Gasteiger partial charge in [0.2, 0.25) is 11.2 Å². The summed E-state index contributed by atoms with van der Waals surface area (Å²) in [5.41, 5.74) is 1.79. The highest BCUT2D eigenvalue weighted by atomic mass is 35.5. The van der Waals surface area contributed by atoms with E-state index in [2.05, 4.69) is 79.1 Å². The largest absolute Gasteiger partial charge is 0.508 e. The third kappa shape index (κ3) is 6.78. The third-order valence-corrected chi connectivity index (χ3v) is 8.72. The number of phenols is 4. The summed E-state index contributed by atoms with van der Waals surface area (Å²) in [6.07, 6.45) is 0. The van der Waals surface area contributed by atoms with Gasteiger partial charge in [0.15, 0.2) is 17.3 Å². The molecule has 0 saturated carbocycles. The van der Waals surface area contributed by atoms with Crippen molar-refractivity contribution in [1.29, 1.82) is 0 Å². The highest BCUT2D eigenvalue weighted by Gasteiger charge is 2.25. The average Bonchev–Trinajstić information content (AvgIpc) is 3.01. The lowest BCUT2D eigenvalue weighted by Crippen LogP contribution is -2.41. The van der Waals surface area contributed by atoms with Gasteiger partial charge < -0.3 is 34.8 Å². The highest BCUT2D eigenvalue weighted by Crippen LogP contribution is 2.48. The first kappa shape index (κ1) is 33.4. The fourth-order valence-corrected chi connectivity index (χ4v) is 6.44. The number of nitrogens with zero attached hydrogens (tertiary/aromatic N) is 2. The Kier molecular flexibility index (Phi) is 10.4. The number of anilines is 2. The Bertz CT molecular complexity index is 1830. The number of halogens is 1. The van der Waals surface area contributed by atoms with Crippen molar-refractivity contribution in [2.45, 2.75) is 36.6 Å². The van der Waals surface area contributed by atoms with Crippen LogP contribution in [0.4, 0.5) is 11.4 Å². The molecule has 0 amide bonds. The smallest absolute Gasteiger partial charge is 0.238 e. The van der Waals surface area contributed by atoms with Crippen LogP contribution in [0.2, 0.25) is 0 Å². The Morgan fingerprint density at radius 1 is 0.800 bits per heavy atom. The summed E-state index contributed by atoms with van der Waals surface area (Å²) in [5, 5.41) is 47.6. The van der Waals surface area contributed by atoms with Gasteiger partial charge in [-0.1, -0.05) is 49.9 Å². The third-order valence-electron chi connectivity index (χ3n) is 7.59. The van der Waals surface area contributed by atoms with E-state index >= 15 is 0 Å². The second-order valence-corrected chi connectivity index (χ2v) is 11.5. The number of hydrogen-bond donors (Lipinski definition) is 5. The number of hydrogen-bond acceptors (Lipinski definition) is 10. The van der Waals surface area contributed by atoms with Gasteiger partial charge in [-0.05, 0) is 62.5 Å². The van der Waals surface area contributed by atoms with E-state index in [1.807, 2.05) is 11.8 Å². The van der Waals surface area contributed by atoms with Crippen LogP contribution in [0.1, 0.15) is 20.8 Å². The molecule has 0 spiro atoms. The van der Waals surface area contributed by atoms with Crippen LogP contribution >= 0.6 is 24.2 Å². The molecule has 0 saturated heterocycles. The van der Waals surface area contributed by atoms with Crippen molar-refractivity contribution in [1.82, 2.24) is 4.90 Å². The molecular weight excluding hydrogens is 616 g/mol. The summed E-state index contributed by atoms with van der Waals surface area (Å²) in [4.78, 5) is 19.9. The molecule has 1 unspecified atom stereocenters. The predicted molar refractivity (Wildman–Crippen MR) is 180 cm³/mol. The summed E-state index contributed by atoms with van der Waals surface area (Å²) >= 11 is 1.88. The summed E-state index contributed by atoms with van der Waals surface area (Å²) in [6.45, 7) is 10.0. The first-order valence-corrected chi connectivity index (χ1v) is 15.1. The maximum atomic E-state index is 12.1. The molecule has 45 heavy (non-hydrogen) atoms. The zero-order valence-electron chi connectivity index (χ0n) is 25.0. The Morgan fingerprint density at radius 3 is 1.98 bits per heavy atom. The number of benzene rings is 4. The molecule has 236 valence electrons. The summed E-state index contributed by atoms with van der Waals surface area (Å²) in [7, 11) is 0. The Morgan fingerprint density at radius 2 is 1.40 bits per heavy atom. The molecule has 1 atom stereocenters. The molecule has 1 aromatic heterocycles. The van der Waals surface area contributed by atoms with Gasteiger partial charge >= 0.3 is 0 Å². The lowest BCUT2D eigenvalue weighted by Gasteiger charge is -2.37. The van der Waals surface area contributed by atoms with E-state index in [9.17, 15) is 30.3 Å². The first-order valence-electron chi connectivity index (χ1n) is 14.2. The predicted octanol–water partition coefficient (Wildman–Crippen LogP) is 7.43. The van der Waals surface area contributed by atoms with Crippen molar-refractivity contribution < 1.29 is 29.9 Å². The minimum atomic E-state index is -0.888. The fraction of sp³-hybridized carbons (Fsp3) is 0.206. The molecule has 5 aromatic rings. The molecule has 1 aliphatic rings. The lowest BCUT2D eigenvalue weighted by atomic mass is 10.1. The van der Waals surface area contributed by atoms with Gasteiger partial charge in [0.1, 0.15) is 22.5 Å². The SMILES string of the molecule is CCN(CC)C(C)CN1c2ccccc2Sc2ccccc21.Cl.O=c1c(O)c(-c2ccc(O)c(O)c2)oc2cc(O)cc(O)c12. The zero-order chi connectivity index (χ0) is 31.5. The molecule has 11 heteroatoms. The molecular formula is C34H35ClN2O7S. The van der Waals surface area contributed by atoms with E-state index in [0.717, 1.165) is 43.9 Å². The quantitative estimate of drug-likeness (QED) is 0.118. The molecule has 0 bridgehead atoms. The molecule has 4 aromatic carbocycles. The van der Waals surface area contributed by atoms with Gasteiger partial charge in [-0.2, -0.15) is 0 Å². The number of para-hydroxylation sites is 2. The molecule has 1 aliphatic heterocycles. The standard InChI is InChI=1S/C19H24N2S.C15H10O7.ClH/c1-4-20(5-2)15(3)14-21-16-10-6-8-12-18(16)22-19-13-9-7-11-17(19)21;16-7-4-10(19)12-11(5-7)22-15(14(21)13(12)20)6-1-2-8(17)9(18)3-6;/h6-13,15H,4-5,14H2,1-3H3;1-5,16-19,21H;1H. The van der Waals surface area contributed by atoms with Gasteiger partial charge in [-0.3, -0.25) is 9.69 Å². The summed E-state index contributed by atoms with van der Waals surface area (Å²) in [5.74, 6) is -2.71. The van der Waals surface area contributed by atoms with E-state index in [1.54, 1.807) is 0 Å². The maximum absolute atomic E-state index is 12.1. The number of aromatic hydroxyl groups is 5. The van der Waals surface area contributed by atoms with E-state index in [4.69, 9.17) is 4.42 Å². The van der Waals surface area contributed by atoms with Crippen molar-refractivity contribution in [3.8, 4) is 40.1 Å². The lowest BCUT2D eigenvalue weighted by molar-refractivity contribution is 0.236. The van der Waals surface area contributed by atoms with Crippen molar-refractivity contribution >= 4 is 46.5 Å². The summed E-state index contributed by atoms with van der Waals surface area (Å²) < 4.78 is 5.35. The first-order chi connectivity index (χ1) is 21.1. The van der Waals surface area contributed by atoms with E-state index in [-0.39, 0.29) is 46.2 Å². The molecule has 9 nitrogen and oxygen atoms in total. The van der Waals surface area contributed by atoms with E-state index < -0.39 is 22.7 Å². The molecule has 2 heterocycles. The number of rotatable bonds is 6. The van der Waals surface area contributed by atoms with Crippen LogP contribution in [0, 0.1) is 0 Å². The van der Waals surface area contributed by atoms with Crippen LogP contribution in [0.5, 0.6) is 28.7 Å². The van der Waals surface area contributed by atoms with Crippen LogP contribution in [0.25, 0.3) is 22.3 Å². The Balaban J connectivity index is 0.000000200. The monoisotopic (exact) mass is 650 g/mol. The average molecular weight is 651 g/mol. The van der Waals surface area contributed by atoms with Gasteiger partial charge in [-0.25, -0.2) is 0 Å². The number of phenolic OH excluding ortho intramolecular Hbond substituents is 4. The molecule has 5 N–H and O–H groups in total. The van der Waals surface area contributed by atoms with Gasteiger partial charge in [0, 0.05) is 40.1 Å². The number of likely N-dealkylation sites (N-methyl/N-ethyl adjacent to an activating group) is 1. The van der Waals surface area contributed by atoms with Crippen LogP contribution in [0.15, 0.2) is 97.9 Å². The minimum Gasteiger partial charge on any atom is -0.508 e. The Labute approximate surface area is 271 Å². The van der Waals surface area contributed by atoms with Crippen LogP contribution in [-0.4, -0.2) is 56.1 Å². The van der Waals surface area contributed by atoms with Gasteiger partial charge in [-0.15, -0.1) is 12.4 Å². The molecule has 6 rings (SSSR count). The van der Waals surface area contributed by atoms with Crippen molar-refractivity contribution in [3.05, 3.63) is 89.1 Å². The molecule has 0 aliphatic carbocycles.